The molecule has 1 amide bonds. The fraction of sp³-hybridized carbons (Fsp3) is 0.250. The van der Waals surface area contributed by atoms with E-state index in [2.05, 4.69) is 10.3 Å². The van der Waals surface area contributed by atoms with Crippen LogP contribution in [0.25, 0.3) is 11.1 Å². The largest absolute Gasteiger partial charge is 0.462 e. The minimum absolute atomic E-state index is 0.245. The molecule has 2 aromatic carbocycles. The molecule has 0 bridgehead atoms. The lowest BCUT2D eigenvalue weighted by Gasteiger charge is -2.39. The Bertz CT molecular complexity index is 1080. The predicted octanol–water partition coefficient (Wildman–Crippen LogP) is 1.18. The van der Waals surface area contributed by atoms with E-state index < -0.39 is 37.3 Å². The van der Waals surface area contributed by atoms with Crippen LogP contribution in [0.15, 0.2) is 73.1 Å². The molecule has 1 aromatic heterocycles. The second-order valence-electron chi connectivity index (χ2n) is 7.61. The van der Waals surface area contributed by atoms with Crippen molar-refractivity contribution in [3.63, 3.8) is 0 Å². The van der Waals surface area contributed by atoms with Gasteiger partial charge in [-0.25, -0.2) is 0 Å². The molecule has 1 aliphatic heterocycles. The molecule has 4 rings (SSSR count). The van der Waals surface area contributed by atoms with E-state index in [1.54, 1.807) is 67.0 Å². The lowest BCUT2D eigenvalue weighted by atomic mass is 9.99. The van der Waals surface area contributed by atoms with E-state index in [1.165, 1.54) is 0 Å². The number of ether oxygens (including phenoxy) is 2. The van der Waals surface area contributed by atoms with Gasteiger partial charge >= 0.3 is 0 Å². The summed E-state index contributed by atoms with van der Waals surface area (Å²) in [6.45, 7) is -0.533. The summed E-state index contributed by atoms with van der Waals surface area (Å²) in [5, 5.41) is 42.0. The number of carbonyl (C=O) groups is 1. The third kappa shape index (κ3) is 5.19. The van der Waals surface area contributed by atoms with Crippen LogP contribution in [-0.4, -0.2) is 68.6 Å². The van der Waals surface area contributed by atoms with Gasteiger partial charge in [-0.05, 0) is 47.5 Å². The van der Waals surface area contributed by atoms with Crippen molar-refractivity contribution < 1.29 is 34.7 Å². The molecule has 5 unspecified atom stereocenters. The number of pyridine rings is 1. The van der Waals surface area contributed by atoms with Crippen molar-refractivity contribution in [2.24, 2.45) is 0 Å². The van der Waals surface area contributed by atoms with E-state index in [0.29, 0.717) is 17.0 Å². The molecule has 2 heterocycles. The maximum atomic E-state index is 12.6. The molecule has 0 radical (unpaired) electrons. The maximum Gasteiger partial charge on any atom is 0.255 e. The van der Waals surface area contributed by atoms with Gasteiger partial charge in [0.05, 0.1) is 6.61 Å². The fourth-order valence-corrected chi connectivity index (χ4v) is 3.50. The monoisotopic (exact) mass is 452 g/mol. The fourth-order valence-electron chi connectivity index (χ4n) is 3.50. The van der Waals surface area contributed by atoms with E-state index in [4.69, 9.17) is 9.47 Å². The van der Waals surface area contributed by atoms with Crippen LogP contribution in [0.3, 0.4) is 0 Å². The highest BCUT2D eigenvalue weighted by Crippen LogP contribution is 2.27. The van der Waals surface area contributed by atoms with E-state index in [0.717, 1.165) is 11.1 Å². The van der Waals surface area contributed by atoms with Gasteiger partial charge in [0.1, 0.15) is 30.2 Å². The number of aliphatic hydroxyl groups is 4. The third-order valence-electron chi connectivity index (χ3n) is 5.35. The number of nitrogens with zero attached hydrogens (tertiary/aromatic N) is 1. The van der Waals surface area contributed by atoms with E-state index in [1.807, 2.05) is 6.07 Å². The highest BCUT2D eigenvalue weighted by molar-refractivity contribution is 6.04. The smallest absolute Gasteiger partial charge is 0.255 e. The molecule has 0 spiro atoms. The molecule has 5 N–H and O–H groups in total. The van der Waals surface area contributed by atoms with Crippen molar-refractivity contribution in [3.05, 3.63) is 78.6 Å². The Balaban J connectivity index is 1.45. The van der Waals surface area contributed by atoms with E-state index in [9.17, 15) is 25.2 Å². The molecule has 1 aliphatic rings. The van der Waals surface area contributed by atoms with E-state index >= 15 is 0 Å². The van der Waals surface area contributed by atoms with Gasteiger partial charge in [-0.1, -0.05) is 24.3 Å². The zero-order chi connectivity index (χ0) is 23.4. The van der Waals surface area contributed by atoms with Gasteiger partial charge in [-0.2, -0.15) is 0 Å². The molecule has 1 fully saturated rings. The Hall–Kier alpha value is -3.34. The molecule has 0 saturated carbocycles. The number of rotatable bonds is 6. The van der Waals surface area contributed by atoms with Crippen molar-refractivity contribution in [1.82, 2.24) is 4.98 Å². The normalized spacial score (nSPS) is 24.8. The van der Waals surface area contributed by atoms with Crippen LogP contribution in [-0.2, 0) is 4.74 Å². The van der Waals surface area contributed by atoms with Crippen LogP contribution in [0.5, 0.6) is 5.75 Å². The quantitative estimate of drug-likeness (QED) is 0.375. The SMILES string of the molecule is O=C(Nc1ccncc1)c1cccc(-c2ccc(OC3OC(CO)C(O)C(O)C3O)cc2)c1. The average Bonchev–Trinajstić information content (AvgIpc) is 2.85. The molecule has 5 atom stereocenters. The summed E-state index contributed by atoms with van der Waals surface area (Å²) in [5.41, 5.74) is 2.78. The van der Waals surface area contributed by atoms with Gasteiger partial charge in [-0.3, -0.25) is 9.78 Å². The van der Waals surface area contributed by atoms with Gasteiger partial charge in [0.25, 0.3) is 5.91 Å². The van der Waals surface area contributed by atoms with Crippen LogP contribution in [0.1, 0.15) is 10.4 Å². The van der Waals surface area contributed by atoms with Gasteiger partial charge in [0, 0.05) is 23.6 Å². The summed E-state index contributed by atoms with van der Waals surface area (Å²) < 4.78 is 11.0. The Kier molecular flexibility index (Phi) is 6.97. The van der Waals surface area contributed by atoms with Gasteiger partial charge in [0.15, 0.2) is 0 Å². The molecule has 1 saturated heterocycles. The summed E-state index contributed by atoms with van der Waals surface area (Å²) in [6.07, 6.45) is -3.56. The second kappa shape index (κ2) is 10.1. The zero-order valence-corrected chi connectivity index (χ0v) is 17.5. The minimum Gasteiger partial charge on any atom is -0.462 e. The Morgan fingerprint density at radius 2 is 1.67 bits per heavy atom. The first-order valence-electron chi connectivity index (χ1n) is 10.4. The number of carbonyl (C=O) groups excluding carboxylic acids is 1. The van der Waals surface area contributed by atoms with Crippen LogP contribution in [0.2, 0.25) is 0 Å². The molecular weight excluding hydrogens is 428 g/mol. The van der Waals surface area contributed by atoms with Crippen LogP contribution < -0.4 is 10.1 Å². The number of nitrogens with one attached hydrogen (secondary N) is 1. The number of amides is 1. The molecule has 33 heavy (non-hydrogen) atoms. The lowest BCUT2D eigenvalue weighted by molar-refractivity contribution is -0.277. The van der Waals surface area contributed by atoms with Gasteiger partial charge < -0.3 is 35.2 Å². The molecule has 9 heteroatoms. The number of aromatic nitrogens is 1. The summed E-state index contributed by atoms with van der Waals surface area (Å²) in [6, 6.07) is 17.4. The first-order valence-corrected chi connectivity index (χ1v) is 10.4. The highest BCUT2D eigenvalue weighted by atomic mass is 16.7. The average molecular weight is 452 g/mol. The Morgan fingerprint density at radius 3 is 2.36 bits per heavy atom. The molecule has 3 aromatic rings. The molecule has 0 aliphatic carbocycles. The second-order valence-corrected chi connectivity index (χ2v) is 7.61. The molecule has 172 valence electrons. The number of hydrogen-bond acceptors (Lipinski definition) is 8. The van der Waals surface area contributed by atoms with E-state index in [-0.39, 0.29) is 5.91 Å². The Labute approximate surface area is 189 Å². The topological polar surface area (TPSA) is 141 Å². The number of hydrogen-bond donors (Lipinski definition) is 5. The van der Waals surface area contributed by atoms with Gasteiger partial charge in [0.2, 0.25) is 6.29 Å². The summed E-state index contributed by atoms with van der Waals surface area (Å²) >= 11 is 0. The standard InChI is InChI=1S/C24H24N2O7/c27-13-19-20(28)21(29)22(30)24(33-19)32-18-6-4-14(5-7-18)15-2-1-3-16(12-15)23(31)26-17-8-10-25-11-9-17/h1-12,19-22,24,27-30H,13H2,(H,25,26,31). The summed E-state index contributed by atoms with van der Waals surface area (Å²) in [5.74, 6) is 0.111. The van der Waals surface area contributed by atoms with Crippen LogP contribution in [0.4, 0.5) is 5.69 Å². The number of anilines is 1. The molecular formula is C24H24N2O7. The molecule has 9 nitrogen and oxygen atoms in total. The highest BCUT2D eigenvalue weighted by Gasteiger charge is 2.44. The minimum atomic E-state index is -1.51. The summed E-state index contributed by atoms with van der Waals surface area (Å²) in [7, 11) is 0. The van der Waals surface area contributed by atoms with Crippen molar-refractivity contribution in [3.8, 4) is 16.9 Å². The van der Waals surface area contributed by atoms with Crippen molar-refractivity contribution in [1.29, 1.82) is 0 Å². The first kappa shape index (κ1) is 22.8. The van der Waals surface area contributed by atoms with Crippen molar-refractivity contribution in [2.75, 3.05) is 11.9 Å². The van der Waals surface area contributed by atoms with Crippen LogP contribution >= 0.6 is 0 Å². The number of aliphatic hydroxyl groups excluding tert-OH is 4. The van der Waals surface area contributed by atoms with Crippen LogP contribution in [0, 0.1) is 0 Å². The van der Waals surface area contributed by atoms with Crippen molar-refractivity contribution >= 4 is 11.6 Å². The lowest BCUT2D eigenvalue weighted by Crippen LogP contribution is -2.60. The number of benzene rings is 2. The predicted molar refractivity (Wildman–Crippen MR) is 118 cm³/mol. The Morgan fingerprint density at radius 1 is 0.939 bits per heavy atom. The zero-order valence-electron chi connectivity index (χ0n) is 17.5. The summed E-state index contributed by atoms with van der Waals surface area (Å²) in [4.78, 5) is 16.5. The maximum absolute atomic E-state index is 12.6. The van der Waals surface area contributed by atoms with Crippen molar-refractivity contribution in [2.45, 2.75) is 30.7 Å². The van der Waals surface area contributed by atoms with Gasteiger partial charge in [-0.15, -0.1) is 0 Å². The third-order valence-corrected chi connectivity index (χ3v) is 5.35. The first-order chi connectivity index (χ1) is 16.0.